The molecule has 4 heteroatoms. The maximum Gasteiger partial charge on any atom is 0.246 e. The number of amides is 1. The fourth-order valence-electron chi connectivity index (χ4n) is 2.05. The second-order valence-corrected chi connectivity index (χ2v) is 4.39. The van der Waals surface area contributed by atoms with Crippen LogP contribution in [0.3, 0.4) is 0 Å². The Morgan fingerprint density at radius 2 is 2.00 bits per heavy atom. The van der Waals surface area contributed by atoms with E-state index in [-0.39, 0.29) is 5.91 Å². The summed E-state index contributed by atoms with van der Waals surface area (Å²) in [6, 6.07) is 5.90. The van der Waals surface area contributed by atoms with Crippen molar-refractivity contribution in [3.8, 4) is 0 Å². The van der Waals surface area contributed by atoms with Crippen molar-refractivity contribution in [2.24, 2.45) is 0 Å². The van der Waals surface area contributed by atoms with Gasteiger partial charge in [0.15, 0.2) is 0 Å². The largest absolute Gasteiger partial charge is 0.353 e. The van der Waals surface area contributed by atoms with Crippen molar-refractivity contribution in [3.63, 3.8) is 0 Å². The third-order valence-corrected chi connectivity index (χ3v) is 3.11. The molecule has 0 bridgehead atoms. The molecule has 1 aliphatic heterocycles. The smallest absolute Gasteiger partial charge is 0.246 e. The summed E-state index contributed by atoms with van der Waals surface area (Å²) in [5.74, 6) is 1.07. The summed E-state index contributed by atoms with van der Waals surface area (Å²) in [6.07, 6.45) is 8.97. The van der Waals surface area contributed by atoms with E-state index in [1.165, 1.54) is 0 Å². The molecule has 1 fully saturated rings. The maximum absolute atomic E-state index is 11.9. The summed E-state index contributed by atoms with van der Waals surface area (Å²) in [4.78, 5) is 20.3. The first-order valence-corrected chi connectivity index (χ1v) is 6.55. The number of hydrogen-bond donors (Lipinski definition) is 0. The Labute approximate surface area is 114 Å². The van der Waals surface area contributed by atoms with Crippen LogP contribution in [0.4, 0.5) is 5.82 Å². The predicted octanol–water partition coefficient (Wildman–Crippen LogP) is 1.86. The molecule has 0 N–H and O–H groups in total. The Kier molecular flexibility index (Phi) is 4.72. The molecule has 0 unspecified atom stereocenters. The van der Waals surface area contributed by atoms with Gasteiger partial charge in [-0.1, -0.05) is 24.3 Å². The summed E-state index contributed by atoms with van der Waals surface area (Å²) in [7, 11) is 0. The Morgan fingerprint density at radius 1 is 1.21 bits per heavy atom. The fourth-order valence-corrected chi connectivity index (χ4v) is 2.05. The highest BCUT2D eigenvalue weighted by Gasteiger charge is 2.19. The van der Waals surface area contributed by atoms with Crippen molar-refractivity contribution in [1.29, 1.82) is 0 Å². The van der Waals surface area contributed by atoms with E-state index in [4.69, 9.17) is 0 Å². The molecule has 0 aromatic carbocycles. The summed E-state index contributed by atoms with van der Waals surface area (Å²) >= 11 is 0. The van der Waals surface area contributed by atoms with Crippen molar-refractivity contribution in [1.82, 2.24) is 9.88 Å². The van der Waals surface area contributed by atoms with E-state index in [0.29, 0.717) is 0 Å². The van der Waals surface area contributed by atoms with E-state index < -0.39 is 0 Å². The van der Waals surface area contributed by atoms with Gasteiger partial charge in [0.05, 0.1) is 0 Å². The highest BCUT2D eigenvalue weighted by Crippen LogP contribution is 2.12. The summed E-state index contributed by atoms with van der Waals surface area (Å²) in [5.41, 5.74) is 0. The first-order chi connectivity index (χ1) is 9.31. The molecule has 0 saturated carbocycles. The molecule has 2 rings (SSSR count). The van der Waals surface area contributed by atoms with Gasteiger partial charge in [0.25, 0.3) is 0 Å². The summed E-state index contributed by atoms with van der Waals surface area (Å²) in [5, 5.41) is 0. The molecule has 1 amide bonds. The number of nitrogens with zero attached hydrogens (tertiary/aromatic N) is 3. The number of anilines is 1. The van der Waals surface area contributed by atoms with Crippen LogP contribution in [0.15, 0.2) is 48.7 Å². The van der Waals surface area contributed by atoms with Crippen molar-refractivity contribution in [2.75, 3.05) is 31.1 Å². The molecule has 0 aliphatic carbocycles. The van der Waals surface area contributed by atoms with Gasteiger partial charge >= 0.3 is 0 Å². The number of hydrogen-bond acceptors (Lipinski definition) is 3. The molecule has 1 aliphatic rings. The molecule has 2 heterocycles. The third-order valence-electron chi connectivity index (χ3n) is 3.11. The van der Waals surface area contributed by atoms with Crippen LogP contribution < -0.4 is 4.90 Å². The molecule has 1 aromatic rings. The number of carbonyl (C=O) groups is 1. The molecular formula is C15H19N3O. The minimum absolute atomic E-state index is 0.0822. The average molecular weight is 257 g/mol. The molecule has 1 aromatic heterocycles. The van der Waals surface area contributed by atoms with Crippen LogP contribution in [0.1, 0.15) is 6.92 Å². The van der Waals surface area contributed by atoms with Gasteiger partial charge in [0.2, 0.25) is 5.91 Å². The Bertz CT molecular complexity index is 460. The first kappa shape index (κ1) is 13.3. The van der Waals surface area contributed by atoms with Gasteiger partial charge in [0.1, 0.15) is 5.82 Å². The van der Waals surface area contributed by atoms with Crippen LogP contribution in [0.25, 0.3) is 0 Å². The average Bonchev–Trinajstić information content (AvgIpc) is 2.48. The fraction of sp³-hybridized carbons (Fsp3) is 0.333. The van der Waals surface area contributed by atoms with Gasteiger partial charge in [0, 0.05) is 38.5 Å². The van der Waals surface area contributed by atoms with Crippen LogP contribution in [-0.2, 0) is 4.79 Å². The van der Waals surface area contributed by atoms with Crippen molar-refractivity contribution in [3.05, 3.63) is 48.7 Å². The van der Waals surface area contributed by atoms with Crippen molar-refractivity contribution < 1.29 is 4.79 Å². The second-order valence-electron chi connectivity index (χ2n) is 4.39. The van der Waals surface area contributed by atoms with Crippen LogP contribution in [0.5, 0.6) is 0 Å². The van der Waals surface area contributed by atoms with Gasteiger partial charge in [-0.25, -0.2) is 4.98 Å². The Hall–Kier alpha value is -2.10. The molecule has 1 saturated heterocycles. The number of carbonyl (C=O) groups excluding carboxylic acids is 1. The molecule has 4 nitrogen and oxygen atoms in total. The quantitative estimate of drug-likeness (QED) is 0.612. The number of piperazine rings is 1. The Morgan fingerprint density at radius 3 is 2.63 bits per heavy atom. The predicted molar refractivity (Wildman–Crippen MR) is 77.0 cm³/mol. The van der Waals surface area contributed by atoms with Gasteiger partial charge in [-0.3, -0.25) is 4.79 Å². The monoisotopic (exact) mass is 257 g/mol. The topological polar surface area (TPSA) is 36.4 Å². The highest BCUT2D eigenvalue weighted by molar-refractivity contribution is 5.88. The van der Waals surface area contributed by atoms with E-state index in [1.54, 1.807) is 18.3 Å². The number of pyridine rings is 1. The minimum atomic E-state index is 0.0822. The lowest BCUT2D eigenvalue weighted by atomic mass is 10.3. The zero-order valence-corrected chi connectivity index (χ0v) is 11.2. The molecule has 100 valence electrons. The minimum Gasteiger partial charge on any atom is -0.353 e. The molecule has 0 radical (unpaired) electrons. The standard InChI is InChI=1S/C15H19N3O/c1-2-3-4-8-15(19)18-12-10-17(11-13-18)14-7-5-6-9-16-14/h2-9H,10-13H2,1H3/b3-2+,8-4+. The van der Waals surface area contributed by atoms with E-state index in [2.05, 4.69) is 9.88 Å². The summed E-state index contributed by atoms with van der Waals surface area (Å²) < 4.78 is 0. The molecule has 0 spiro atoms. The first-order valence-electron chi connectivity index (χ1n) is 6.55. The number of rotatable bonds is 3. The summed E-state index contributed by atoms with van der Waals surface area (Å²) in [6.45, 7) is 5.09. The lowest BCUT2D eigenvalue weighted by molar-refractivity contribution is -0.126. The lowest BCUT2D eigenvalue weighted by Crippen LogP contribution is -2.48. The zero-order chi connectivity index (χ0) is 13.5. The van der Waals surface area contributed by atoms with E-state index in [1.807, 2.05) is 42.2 Å². The van der Waals surface area contributed by atoms with E-state index >= 15 is 0 Å². The van der Waals surface area contributed by atoms with Gasteiger partial charge < -0.3 is 9.80 Å². The van der Waals surface area contributed by atoms with Gasteiger partial charge in [-0.15, -0.1) is 0 Å². The van der Waals surface area contributed by atoms with Gasteiger partial charge in [-0.05, 0) is 19.1 Å². The van der Waals surface area contributed by atoms with Crippen LogP contribution in [0, 0.1) is 0 Å². The van der Waals surface area contributed by atoms with E-state index in [9.17, 15) is 4.79 Å². The Balaban J connectivity index is 1.87. The van der Waals surface area contributed by atoms with Crippen LogP contribution in [-0.4, -0.2) is 42.0 Å². The van der Waals surface area contributed by atoms with Crippen molar-refractivity contribution >= 4 is 11.7 Å². The van der Waals surface area contributed by atoms with Gasteiger partial charge in [-0.2, -0.15) is 0 Å². The lowest BCUT2D eigenvalue weighted by Gasteiger charge is -2.34. The third kappa shape index (κ3) is 3.68. The van der Waals surface area contributed by atoms with Crippen LogP contribution in [0.2, 0.25) is 0 Å². The zero-order valence-electron chi connectivity index (χ0n) is 11.2. The second kappa shape index (κ2) is 6.73. The molecule has 0 atom stereocenters. The SMILES string of the molecule is C/C=C/C=C/C(=O)N1CCN(c2ccccn2)CC1. The normalized spacial score (nSPS) is 16.5. The highest BCUT2D eigenvalue weighted by atomic mass is 16.2. The number of allylic oxidation sites excluding steroid dienone is 3. The maximum atomic E-state index is 11.9. The molecule has 19 heavy (non-hydrogen) atoms. The molecular weight excluding hydrogens is 238 g/mol. The van der Waals surface area contributed by atoms with E-state index in [0.717, 1.165) is 32.0 Å². The van der Waals surface area contributed by atoms with Crippen LogP contribution >= 0.6 is 0 Å². The number of aromatic nitrogens is 1. The van der Waals surface area contributed by atoms with Crippen molar-refractivity contribution in [2.45, 2.75) is 6.92 Å².